The third-order valence-corrected chi connectivity index (χ3v) is 5.51. The smallest absolute Gasteiger partial charge is 0.248 e. The molecule has 1 saturated heterocycles. The molecule has 1 aromatic carbocycles. The maximum atomic E-state index is 13.0. The van der Waals surface area contributed by atoms with Crippen molar-refractivity contribution in [2.45, 2.75) is 25.8 Å². The minimum absolute atomic E-state index is 0.0129. The largest absolute Gasteiger partial charge is 0.375 e. The van der Waals surface area contributed by atoms with E-state index in [-0.39, 0.29) is 30.4 Å². The third-order valence-electron chi connectivity index (χ3n) is 5.51. The number of hydrogen-bond acceptors (Lipinski definition) is 4. The number of rotatable bonds is 6. The summed E-state index contributed by atoms with van der Waals surface area (Å²) < 4.78 is 4.91. The zero-order valence-corrected chi connectivity index (χ0v) is 16.7. The molecule has 1 atom stereocenters. The van der Waals surface area contributed by atoms with Crippen LogP contribution >= 0.6 is 0 Å². The van der Waals surface area contributed by atoms with Gasteiger partial charge in [0, 0.05) is 38.7 Å². The molecule has 1 aliphatic rings. The lowest BCUT2D eigenvalue weighted by Crippen LogP contribution is -2.45. The number of hydrogen-bond donors (Lipinski definition) is 1. The van der Waals surface area contributed by atoms with E-state index >= 15 is 0 Å². The van der Waals surface area contributed by atoms with Crippen molar-refractivity contribution in [3.8, 4) is 11.3 Å². The molecule has 0 aliphatic carbocycles. The Morgan fingerprint density at radius 2 is 1.96 bits per heavy atom. The van der Waals surface area contributed by atoms with Crippen molar-refractivity contribution in [1.82, 2.24) is 20.0 Å². The number of amides is 2. The molecule has 2 amide bonds. The molecular formula is C21H28N4O3. The van der Waals surface area contributed by atoms with E-state index in [9.17, 15) is 9.59 Å². The molecule has 0 bridgehead atoms. The molecule has 28 heavy (non-hydrogen) atoms. The predicted octanol–water partition coefficient (Wildman–Crippen LogP) is 2.48. The molecule has 2 aromatic rings. The van der Waals surface area contributed by atoms with Crippen LogP contribution in [0.4, 0.5) is 0 Å². The molecule has 1 N–H and O–H groups in total. The molecule has 0 radical (unpaired) electrons. The molecule has 1 unspecified atom stereocenters. The number of likely N-dealkylation sites (tertiary alicyclic amines) is 1. The fraction of sp³-hybridized carbons (Fsp3) is 0.476. The van der Waals surface area contributed by atoms with E-state index in [1.54, 1.807) is 9.80 Å². The number of aromatic amines is 1. The summed E-state index contributed by atoms with van der Waals surface area (Å²) in [5, 5.41) is 7.46. The Morgan fingerprint density at radius 1 is 1.29 bits per heavy atom. The van der Waals surface area contributed by atoms with Crippen LogP contribution in [0.5, 0.6) is 0 Å². The minimum Gasteiger partial charge on any atom is -0.375 e. The quantitative estimate of drug-likeness (QED) is 0.830. The molecular weight excluding hydrogens is 356 g/mol. The summed E-state index contributed by atoms with van der Waals surface area (Å²) in [6, 6.07) is 11.8. The average molecular weight is 384 g/mol. The summed E-state index contributed by atoms with van der Waals surface area (Å²) >= 11 is 0. The third kappa shape index (κ3) is 4.42. The summed E-state index contributed by atoms with van der Waals surface area (Å²) in [5.41, 5.74) is 2.81. The molecule has 1 aromatic heterocycles. The van der Waals surface area contributed by atoms with Crippen LogP contribution in [-0.2, 0) is 14.3 Å². The first-order valence-corrected chi connectivity index (χ1v) is 9.65. The van der Waals surface area contributed by atoms with E-state index in [0.29, 0.717) is 25.9 Å². The van der Waals surface area contributed by atoms with E-state index < -0.39 is 0 Å². The van der Waals surface area contributed by atoms with Crippen molar-refractivity contribution < 1.29 is 14.3 Å². The fourth-order valence-electron chi connectivity index (χ4n) is 3.59. The van der Waals surface area contributed by atoms with Gasteiger partial charge in [-0.05, 0) is 25.8 Å². The number of aromatic nitrogens is 2. The van der Waals surface area contributed by atoms with Crippen molar-refractivity contribution in [3.05, 3.63) is 42.1 Å². The SMILES string of the molecule is COCC(=O)N1CCC(C(=O)N(C)C(C)c2cc(-c3ccccc3)n[nH]2)CC1. The van der Waals surface area contributed by atoms with Gasteiger partial charge in [-0.3, -0.25) is 14.7 Å². The average Bonchev–Trinajstić information content (AvgIpc) is 3.23. The van der Waals surface area contributed by atoms with Gasteiger partial charge in [0.15, 0.2) is 0 Å². The second kappa shape index (κ2) is 9.01. The van der Waals surface area contributed by atoms with E-state index in [1.807, 2.05) is 50.4 Å². The highest BCUT2D eigenvalue weighted by Gasteiger charge is 2.31. The van der Waals surface area contributed by atoms with Gasteiger partial charge in [0.25, 0.3) is 0 Å². The Hall–Kier alpha value is -2.67. The van der Waals surface area contributed by atoms with Gasteiger partial charge in [0.05, 0.1) is 17.4 Å². The molecule has 1 fully saturated rings. The number of methoxy groups -OCH3 is 1. The molecule has 150 valence electrons. The van der Waals surface area contributed by atoms with Gasteiger partial charge in [0.2, 0.25) is 11.8 Å². The lowest BCUT2D eigenvalue weighted by molar-refractivity contribution is -0.142. The summed E-state index contributed by atoms with van der Waals surface area (Å²) in [6.45, 7) is 3.29. The first kappa shape index (κ1) is 20.1. The van der Waals surface area contributed by atoms with Crippen LogP contribution in [-0.4, -0.2) is 65.7 Å². The molecule has 7 nitrogen and oxygen atoms in total. The van der Waals surface area contributed by atoms with Crippen molar-refractivity contribution in [2.75, 3.05) is 33.9 Å². The fourth-order valence-corrected chi connectivity index (χ4v) is 3.59. The number of nitrogens with zero attached hydrogens (tertiary/aromatic N) is 3. The van der Waals surface area contributed by atoms with Gasteiger partial charge < -0.3 is 14.5 Å². The Bertz CT molecular complexity index is 797. The zero-order chi connectivity index (χ0) is 20.1. The van der Waals surface area contributed by atoms with Crippen molar-refractivity contribution in [3.63, 3.8) is 0 Å². The Labute approximate surface area is 165 Å². The van der Waals surface area contributed by atoms with Gasteiger partial charge in [-0.15, -0.1) is 0 Å². The van der Waals surface area contributed by atoms with Crippen LogP contribution in [0, 0.1) is 5.92 Å². The molecule has 2 heterocycles. The van der Waals surface area contributed by atoms with Crippen LogP contribution in [0.15, 0.2) is 36.4 Å². The van der Waals surface area contributed by atoms with E-state index in [1.165, 1.54) is 7.11 Å². The van der Waals surface area contributed by atoms with Crippen molar-refractivity contribution in [1.29, 1.82) is 0 Å². The summed E-state index contributed by atoms with van der Waals surface area (Å²) in [7, 11) is 3.35. The second-order valence-corrected chi connectivity index (χ2v) is 7.29. The number of H-pyrrole nitrogens is 1. The molecule has 3 rings (SSSR count). The minimum atomic E-state index is -0.106. The van der Waals surface area contributed by atoms with Crippen LogP contribution < -0.4 is 0 Å². The highest BCUT2D eigenvalue weighted by atomic mass is 16.5. The number of piperidine rings is 1. The van der Waals surface area contributed by atoms with Gasteiger partial charge >= 0.3 is 0 Å². The van der Waals surface area contributed by atoms with Gasteiger partial charge in [-0.25, -0.2) is 0 Å². The van der Waals surface area contributed by atoms with Gasteiger partial charge in [-0.1, -0.05) is 30.3 Å². The molecule has 0 spiro atoms. The van der Waals surface area contributed by atoms with Crippen LogP contribution in [0.25, 0.3) is 11.3 Å². The van der Waals surface area contributed by atoms with E-state index in [4.69, 9.17) is 4.74 Å². The Kier molecular flexibility index (Phi) is 6.46. The van der Waals surface area contributed by atoms with E-state index in [0.717, 1.165) is 17.0 Å². The molecule has 1 aliphatic heterocycles. The summed E-state index contributed by atoms with van der Waals surface area (Å²) in [5.74, 6) is 0.0405. The maximum Gasteiger partial charge on any atom is 0.248 e. The predicted molar refractivity (Wildman–Crippen MR) is 106 cm³/mol. The Balaban J connectivity index is 1.59. The zero-order valence-electron chi connectivity index (χ0n) is 16.7. The summed E-state index contributed by atoms with van der Waals surface area (Å²) in [4.78, 5) is 28.4. The van der Waals surface area contributed by atoms with Gasteiger partial charge in [-0.2, -0.15) is 5.10 Å². The second-order valence-electron chi connectivity index (χ2n) is 7.29. The number of carbonyl (C=O) groups excluding carboxylic acids is 2. The number of nitrogens with one attached hydrogen (secondary N) is 1. The topological polar surface area (TPSA) is 78.5 Å². The lowest BCUT2D eigenvalue weighted by atomic mass is 9.94. The maximum absolute atomic E-state index is 13.0. The van der Waals surface area contributed by atoms with Crippen LogP contribution in [0.3, 0.4) is 0 Å². The summed E-state index contributed by atoms with van der Waals surface area (Å²) in [6.07, 6.45) is 1.37. The number of ether oxygens (including phenoxy) is 1. The van der Waals surface area contributed by atoms with Gasteiger partial charge in [0.1, 0.15) is 6.61 Å². The van der Waals surface area contributed by atoms with Crippen molar-refractivity contribution in [2.24, 2.45) is 5.92 Å². The standard InChI is InChI=1S/C21H28N4O3/c1-15(18-13-19(23-22-18)16-7-5-4-6-8-16)24(2)21(27)17-9-11-25(12-10-17)20(26)14-28-3/h4-8,13,15,17H,9-12,14H2,1-3H3,(H,22,23). The highest BCUT2D eigenvalue weighted by molar-refractivity contribution is 5.80. The molecule has 7 heteroatoms. The first-order valence-electron chi connectivity index (χ1n) is 9.65. The van der Waals surface area contributed by atoms with Crippen LogP contribution in [0.1, 0.15) is 31.5 Å². The monoisotopic (exact) mass is 384 g/mol. The normalized spacial score (nSPS) is 16.0. The molecule has 0 saturated carbocycles. The van der Waals surface area contributed by atoms with E-state index in [2.05, 4.69) is 10.2 Å². The first-order chi connectivity index (χ1) is 13.5. The van der Waals surface area contributed by atoms with Crippen LogP contribution in [0.2, 0.25) is 0 Å². The Morgan fingerprint density at radius 3 is 2.61 bits per heavy atom. The number of carbonyl (C=O) groups is 2. The highest BCUT2D eigenvalue weighted by Crippen LogP contribution is 2.26. The lowest BCUT2D eigenvalue weighted by Gasteiger charge is -2.34. The number of benzene rings is 1. The van der Waals surface area contributed by atoms with Crippen molar-refractivity contribution >= 4 is 11.8 Å².